The molecule has 1 aliphatic rings. The van der Waals surface area contributed by atoms with Gasteiger partial charge in [-0.1, -0.05) is 0 Å². The molecule has 0 saturated carbocycles. The third kappa shape index (κ3) is 5.11. The van der Waals surface area contributed by atoms with Gasteiger partial charge in [0.25, 0.3) is 0 Å². The molecule has 106 valence electrons. The van der Waals surface area contributed by atoms with E-state index in [0.29, 0.717) is 0 Å². The Morgan fingerprint density at radius 1 is 1.32 bits per heavy atom. The fraction of sp³-hybridized carbons (Fsp3) is 0.625. The molecule has 1 atom stereocenters. The lowest BCUT2D eigenvalue weighted by Gasteiger charge is -2.22. The molecule has 19 heavy (non-hydrogen) atoms. The van der Waals surface area contributed by atoms with E-state index >= 15 is 0 Å². The maximum absolute atomic E-state index is 5.63. The zero-order valence-electron chi connectivity index (χ0n) is 12.1. The summed E-state index contributed by atoms with van der Waals surface area (Å²) in [5, 5.41) is 6.95. The summed E-state index contributed by atoms with van der Waals surface area (Å²) in [4.78, 5) is 0. The summed E-state index contributed by atoms with van der Waals surface area (Å²) in [6.07, 6.45) is 4.18. The van der Waals surface area contributed by atoms with Crippen LogP contribution in [-0.2, 0) is 0 Å². The summed E-state index contributed by atoms with van der Waals surface area (Å²) in [5.74, 6) is 1.78. The topological polar surface area (TPSA) is 33.3 Å². The van der Waals surface area contributed by atoms with Gasteiger partial charge in [0.2, 0.25) is 0 Å². The molecule has 3 nitrogen and oxygen atoms in total. The smallest absolute Gasteiger partial charge is 0.119 e. The SMILES string of the molecule is CC(C)Oc1ccc(NCCC2CCCNC2)cc1. The van der Waals surface area contributed by atoms with Gasteiger partial charge in [-0.25, -0.2) is 0 Å². The first-order chi connectivity index (χ1) is 9.24. The predicted octanol–water partition coefficient (Wildman–Crippen LogP) is 3.28. The second-order valence-electron chi connectivity index (χ2n) is 5.62. The van der Waals surface area contributed by atoms with Crippen LogP contribution in [-0.4, -0.2) is 25.7 Å². The van der Waals surface area contributed by atoms with Crippen LogP contribution in [0.5, 0.6) is 5.75 Å². The number of rotatable bonds is 6. The molecule has 0 aliphatic carbocycles. The van der Waals surface area contributed by atoms with Crippen LogP contribution in [0, 0.1) is 5.92 Å². The molecule has 1 saturated heterocycles. The maximum atomic E-state index is 5.63. The Labute approximate surface area is 116 Å². The van der Waals surface area contributed by atoms with E-state index in [4.69, 9.17) is 4.74 Å². The molecule has 2 rings (SSSR count). The number of nitrogens with one attached hydrogen (secondary N) is 2. The van der Waals surface area contributed by atoms with Crippen LogP contribution in [0.1, 0.15) is 33.1 Å². The standard InChI is InChI=1S/C16H26N2O/c1-13(2)19-16-7-5-15(6-8-16)18-11-9-14-4-3-10-17-12-14/h5-8,13-14,17-18H,3-4,9-12H2,1-2H3. The maximum Gasteiger partial charge on any atom is 0.119 e. The minimum atomic E-state index is 0.234. The number of piperidine rings is 1. The number of hydrogen-bond acceptors (Lipinski definition) is 3. The van der Waals surface area contributed by atoms with E-state index in [1.54, 1.807) is 0 Å². The zero-order valence-corrected chi connectivity index (χ0v) is 12.1. The third-order valence-corrected chi connectivity index (χ3v) is 3.51. The van der Waals surface area contributed by atoms with Crippen molar-refractivity contribution in [2.45, 2.75) is 39.2 Å². The Hall–Kier alpha value is -1.22. The quantitative estimate of drug-likeness (QED) is 0.825. The fourth-order valence-corrected chi connectivity index (χ4v) is 2.51. The summed E-state index contributed by atoms with van der Waals surface area (Å²) in [6, 6.07) is 8.25. The first kappa shape index (κ1) is 14.2. The molecule has 1 fully saturated rings. The molecule has 0 aromatic heterocycles. The van der Waals surface area contributed by atoms with E-state index in [0.717, 1.165) is 18.2 Å². The summed E-state index contributed by atoms with van der Waals surface area (Å²) < 4.78 is 5.63. The molecule has 1 heterocycles. The number of anilines is 1. The van der Waals surface area contributed by atoms with Crippen molar-refractivity contribution in [1.29, 1.82) is 0 Å². The molecule has 1 aromatic rings. The largest absolute Gasteiger partial charge is 0.491 e. The first-order valence-corrected chi connectivity index (χ1v) is 7.45. The van der Waals surface area contributed by atoms with E-state index in [1.165, 1.54) is 38.0 Å². The Bertz CT molecular complexity index is 356. The van der Waals surface area contributed by atoms with Crippen LogP contribution in [0.4, 0.5) is 5.69 Å². The highest BCUT2D eigenvalue weighted by molar-refractivity contribution is 5.46. The van der Waals surface area contributed by atoms with Gasteiger partial charge in [-0.05, 0) is 76.4 Å². The molecule has 0 radical (unpaired) electrons. The number of benzene rings is 1. The molecule has 0 spiro atoms. The van der Waals surface area contributed by atoms with Gasteiger partial charge in [-0.3, -0.25) is 0 Å². The molecule has 1 unspecified atom stereocenters. The highest BCUT2D eigenvalue weighted by Crippen LogP contribution is 2.18. The molecule has 0 bridgehead atoms. The van der Waals surface area contributed by atoms with Gasteiger partial charge in [-0.15, -0.1) is 0 Å². The highest BCUT2D eigenvalue weighted by atomic mass is 16.5. The second kappa shape index (κ2) is 7.39. The number of ether oxygens (including phenoxy) is 1. The van der Waals surface area contributed by atoms with E-state index < -0.39 is 0 Å². The van der Waals surface area contributed by atoms with Crippen molar-refractivity contribution in [2.75, 3.05) is 25.0 Å². The van der Waals surface area contributed by atoms with Crippen LogP contribution in [0.25, 0.3) is 0 Å². The minimum Gasteiger partial charge on any atom is -0.491 e. The summed E-state index contributed by atoms with van der Waals surface area (Å²) >= 11 is 0. The lowest BCUT2D eigenvalue weighted by molar-refractivity contribution is 0.242. The normalized spacial score (nSPS) is 19.4. The van der Waals surface area contributed by atoms with E-state index in [9.17, 15) is 0 Å². The zero-order chi connectivity index (χ0) is 13.5. The first-order valence-electron chi connectivity index (χ1n) is 7.45. The van der Waals surface area contributed by atoms with Crippen LogP contribution in [0.2, 0.25) is 0 Å². The van der Waals surface area contributed by atoms with Gasteiger partial charge in [-0.2, -0.15) is 0 Å². The Morgan fingerprint density at radius 3 is 2.74 bits per heavy atom. The van der Waals surface area contributed by atoms with Gasteiger partial charge in [0.1, 0.15) is 5.75 Å². The molecule has 1 aliphatic heterocycles. The average molecular weight is 262 g/mol. The second-order valence-corrected chi connectivity index (χ2v) is 5.62. The Balaban J connectivity index is 1.70. The summed E-state index contributed by atoms with van der Waals surface area (Å²) in [6.45, 7) is 7.52. The molecule has 2 N–H and O–H groups in total. The molecule has 3 heteroatoms. The van der Waals surface area contributed by atoms with Gasteiger partial charge in [0.05, 0.1) is 6.10 Å². The van der Waals surface area contributed by atoms with Gasteiger partial charge < -0.3 is 15.4 Å². The van der Waals surface area contributed by atoms with Crippen molar-refractivity contribution >= 4 is 5.69 Å². The van der Waals surface area contributed by atoms with Crippen LogP contribution >= 0.6 is 0 Å². The lowest BCUT2D eigenvalue weighted by atomic mass is 9.96. The van der Waals surface area contributed by atoms with Crippen molar-refractivity contribution in [1.82, 2.24) is 5.32 Å². The van der Waals surface area contributed by atoms with Crippen molar-refractivity contribution in [3.05, 3.63) is 24.3 Å². The van der Waals surface area contributed by atoms with E-state index in [-0.39, 0.29) is 6.10 Å². The molecule has 0 amide bonds. The lowest BCUT2D eigenvalue weighted by Crippen LogP contribution is -2.30. The van der Waals surface area contributed by atoms with Crippen LogP contribution < -0.4 is 15.4 Å². The molecule has 1 aromatic carbocycles. The van der Waals surface area contributed by atoms with Crippen molar-refractivity contribution < 1.29 is 4.74 Å². The summed E-state index contributed by atoms with van der Waals surface area (Å²) in [7, 11) is 0. The Morgan fingerprint density at radius 2 is 2.11 bits per heavy atom. The average Bonchev–Trinajstić information content (AvgIpc) is 2.41. The fourth-order valence-electron chi connectivity index (χ4n) is 2.51. The number of hydrogen-bond donors (Lipinski definition) is 2. The van der Waals surface area contributed by atoms with Crippen LogP contribution in [0.3, 0.4) is 0 Å². The van der Waals surface area contributed by atoms with Crippen molar-refractivity contribution in [3.8, 4) is 5.75 Å². The monoisotopic (exact) mass is 262 g/mol. The van der Waals surface area contributed by atoms with Crippen LogP contribution in [0.15, 0.2) is 24.3 Å². The van der Waals surface area contributed by atoms with Gasteiger partial charge >= 0.3 is 0 Å². The Kier molecular flexibility index (Phi) is 5.52. The van der Waals surface area contributed by atoms with Gasteiger partial charge in [0.15, 0.2) is 0 Å². The third-order valence-electron chi connectivity index (χ3n) is 3.51. The van der Waals surface area contributed by atoms with Crippen molar-refractivity contribution in [2.24, 2.45) is 5.92 Å². The minimum absolute atomic E-state index is 0.234. The molecular weight excluding hydrogens is 236 g/mol. The summed E-state index contributed by atoms with van der Waals surface area (Å²) in [5.41, 5.74) is 1.18. The highest BCUT2D eigenvalue weighted by Gasteiger charge is 2.11. The van der Waals surface area contributed by atoms with E-state index in [1.807, 2.05) is 26.0 Å². The molecular formula is C16H26N2O. The van der Waals surface area contributed by atoms with Gasteiger partial charge in [0, 0.05) is 12.2 Å². The van der Waals surface area contributed by atoms with Crippen molar-refractivity contribution in [3.63, 3.8) is 0 Å². The predicted molar refractivity (Wildman–Crippen MR) is 80.9 cm³/mol. The van der Waals surface area contributed by atoms with E-state index in [2.05, 4.69) is 22.8 Å².